The maximum atomic E-state index is 12.7. The van der Waals surface area contributed by atoms with Crippen LogP contribution < -0.4 is 0 Å². The van der Waals surface area contributed by atoms with Crippen LogP contribution in [0.2, 0.25) is 0 Å². The summed E-state index contributed by atoms with van der Waals surface area (Å²) < 4.78 is 9.76. The maximum absolute atomic E-state index is 12.7. The molecule has 128 valence electrons. The van der Waals surface area contributed by atoms with E-state index in [1.807, 2.05) is 4.90 Å². The highest BCUT2D eigenvalue weighted by Gasteiger charge is 2.27. The van der Waals surface area contributed by atoms with Crippen LogP contribution in [-0.2, 0) is 20.8 Å². The number of carbonyl (C=O) groups is 2. The molecule has 0 saturated heterocycles. The summed E-state index contributed by atoms with van der Waals surface area (Å²) in [6.07, 6.45) is 5.01. The summed E-state index contributed by atoms with van der Waals surface area (Å²) >= 11 is 1.38. The fourth-order valence-electron chi connectivity index (χ4n) is 2.84. The van der Waals surface area contributed by atoms with Crippen molar-refractivity contribution in [2.45, 2.75) is 38.6 Å². The van der Waals surface area contributed by atoms with Crippen molar-refractivity contribution in [1.82, 2.24) is 9.88 Å². The van der Waals surface area contributed by atoms with Gasteiger partial charge in [0.1, 0.15) is 5.01 Å². The number of aromatic nitrogens is 1. The molecule has 0 bridgehead atoms. The van der Waals surface area contributed by atoms with Gasteiger partial charge in [-0.1, -0.05) is 12.8 Å². The first kappa shape index (κ1) is 17.9. The summed E-state index contributed by atoms with van der Waals surface area (Å²) in [6.45, 7) is 1.72. The Kier molecular flexibility index (Phi) is 6.98. The van der Waals surface area contributed by atoms with Crippen LogP contribution in [0.25, 0.3) is 0 Å². The molecule has 0 spiro atoms. The fourth-order valence-corrected chi connectivity index (χ4v) is 3.62. The monoisotopic (exact) mass is 340 g/mol. The number of hydrogen-bond acceptors (Lipinski definition) is 6. The minimum Gasteiger partial charge on any atom is -0.464 e. The highest BCUT2D eigenvalue weighted by atomic mass is 32.1. The molecule has 0 aromatic carbocycles. The Bertz CT molecular complexity index is 526. The normalized spacial score (nSPS) is 14.9. The van der Waals surface area contributed by atoms with Gasteiger partial charge in [-0.3, -0.25) is 4.79 Å². The van der Waals surface area contributed by atoms with Gasteiger partial charge >= 0.3 is 5.97 Å². The zero-order valence-corrected chi connectivity index (χ0v) is 14.6. The standard InChI is InChI=1S/C16H24N2O4S/c1-21-9-5-8-18(15(19)12-6-3-4-7-12)10-14-17-13(11-23-14)16(20)22-2/h11-12H,3-10H2,1-2H3. The van der Waals surface area contributed by atoms with Gasteiger partial charge in [-0.25, -0.2) is 9.78 Å². The zero-order valence-electron chi connectivity index (χ0n) is 13.7. The molecule has 0 aliphatic heterocycles. The van der Waals surface area contributed by atoms with Crippen LogP contribution in [0.4, 0.5) is 0 Å². The van der Waals surface area contributed by atoms with E-state index >= 15 is 0 Å². The number of rotatable bonds is 8. The molecule has 1 aliphatic rings. The SMILES string of the molecule is COCCCN(Cc1nc(C(=O)OC)cs1)C(=O)C1CCCC1. The predicted octanol–water partition coefficient (Wildman–Crippen LogP) is 2.49. The van der Waals surface area contributed by atoms with E-state index in [0.29, 0.717) is 25.4 Å². The number of nitrogens with zero attached hydrogens (tertiary/aromatic N) is 2. The van der Waals surface area contributed by atoms with Crippen molar-refractivity contribution in [1.29, 1.82) is 0 Å². The van der Waals surface area contributed by atoms with Crippen molar-refractivity contribution in [3.63, 3.8) is 0 Å². The van der Waals surface area contributed by atoms with E-state index in [1.54, 1.807) is 12.5 Å². The zero-order chi connectivity index (χ0) is 16.7. The Morgan fingerprint density at radius 2 is 2.09 bits per heavy atom. The van der Waals surface area contributed by atoms with Crippen molar-refractivity contribution in [3.05, 3.63) is 16.1 Å². The second-order valence-electron chi connectivity index (χ2n) is 5.71. The Morgan fingerprint density at radius 1 is 1.35 bits per heavy atom. The quantitative estimate of drug-likeness (QED) is 0.537. The lowest BCUT2D eigenvalue weighted by Gasteiger charge is -2.24. The van der Waals surface area contributed by atoms with Crippen LogP contribution >= 0.6 is 11.3 Å². The fraction of sp³-hybridized carbons (Fsp3) is 0.688. The van der Waals surface area contributed by atoms with Gasteiger partial charge in [0.15, 0.2) is 5.69 Å². The first-order chi connectivity index (χ1) is 11.2. The number of esters is 1. The molecule has 1 amide bonds. The van der Waals surface area contributed by atoms with E-state index in [-0.39, 0.29) is 11.8 Å². The molecule has 2 rings (SSSR count). The maximum Gasteiger partial charge on any atom is 0.357 e. The van der Waals surface area contributed by atoms with Crippen LogP contribution in [0.15, 0.2) is 5.38 Å². The van der Waals surface area contributed by atoms with Crippen LogP contribution in [-0.4, -0.2) is 49.1 Å². The van der Waals surface area contributed by atoms with E-state index in [2.05, 4.69) is 9.72 Å². The number of ether oxygens (including phenoxy) is 2. The van der Waals surface area contributed by atoms with Gasteiger partial charge in [0.05, 0.1) is 13.7 Å². The molecule has 7 heteroatoms. The Labute approximate surface area is 140 Å². The van der Waals surface area contributed by atoms with E-state index in [0.717, 1.165) is 37.1 Å². The highest BCUT2D eigenvalue weighted by Crippen LogP contribution is 2.27. The molecule has 1 fully saturated rings. The molecular weight excluding hydrogens is 316 g/mol. The summed E-state index contributed by atoms with van der Waals surface area (Å²) in [5, 5.41) is 2.43. The highest BCUT2D eigenvalue weighted by molar-refractivity contribution is 7.09. The van der Waals surface area contributed by atoms with Crippen molar-refractivity contribution < 1.29 is 19.1 Å². The lowest BCUT2D eigenvalue weighted by atomic mass is 10.1. The van der Waals surface area contributed by atoms with E-state index < -0.39 is 5.97 Å². The van der Waals surface area contributed by atoms with Gasteiger partial charge in [-0.15, -0.1) is 11.3 Å². The molecule has 1 aromatic heterocycles. The van der Waals surface area contributed by atoms with Crippen molar-refractivity contribution in [3.8, 4) is 0 Å². The van der Waals surface area contributed by atoms with Gasteiger partial charge < -0.3 is 14.4 Å². The second-order valence-corrected chi connectivity index (χ2v) is 6.65. The summed E-state index contributed by atoms with van der Waals surface area (Å²) in [7, 11) is 2.99. The van der Waals surface area contributed by atoms with Gasteiger partial charge in [-0.05, 0) is 19.3 Å². The Balaban J connectivity index is 2.02. The third-order valence-electron chi connectivity index (χ3n) is 4.06. The summed E-state index contributed by atoms with van der Waals surface area (Å²) in [4.78, 5) is 30.3. The lowest BCUT2D eigenvalue weighted by Crippen LogP contribution is -2.36. The second kappa shape index (κ2) is 8.98. The van der Waals surface area contributed by atoms with Crippen molar-refractivity contribution >= 4 is 23.2 Å². The van der Waals surface area contributed by atoms with Crippen LogP contribution in [0.1, 0.15) is 47.6 Å². The molecule has 0 atom stereocenters. The van der Waals surface area contributed by atoms with Gasteiger partial charge in [0.25, 0.3) is 0 Å². The van der Waals surface area contributed by atoms with Crippen LogP contribution in [0.3, 0.4) is 0 Å². The molecule has 1 aliphatic carbocycles. The lowest BCUT2D eigenvalue weighted by molar-refractivity contribution is -0.136. The molecule has 6 nitrogen and oxygen atoms in total. The van der Waals surface area contributed by atoms with E-state index in [9.17, 15) is 9.59 Å². The number of carbonyl (C=O) groups excluding carboxylic acids is 2. The first-order valence-corrected chi connectivity index (χ1v) is 8.84. The molecule has 1 aromatic rings. The van der Waals surface area contributed by atoms with Crippen molar-refractivity contribution in [2.24, 2.45) is 5.92 Å². The minimum absolute atomic E-state index is 0.137. The number of thiazole rings is 1. The minimum atomic E-state index is -0.444. The summed E-state index contributed by atoms with van der Waals surface area (Å²) in [5.74, 6) is -0.105. The van der Waals surface area contributed by atoms with Gasteiger partial charge in [0, 0.05) is 31.6 Å². The Hall–Kier alpha value is -1.47. The average molecular weight is 340 g/mol. The number of methoxy groups -OCH3 is 2. The first-order valence-electron chi connectivity index (χ1n) is 7.96. The van der Waals surface area contributed by atoms with Crippen molar-refractivity contribution in [2.75, 3.05) is 27.4 Å². The summed E-state index contributed by atoms with van der Waals surface area (Å²) in [6, 6.07) is 0. The third kappa shape index (κ3) is 5.00. The molecule has 0 radical (unpaired) electrons. The van der Waals surface area contributed by atoms with Gasteiger partial charge in [-0.2, -0.15) is 0 Å². The number of hydrogen-bond donors (Lipinski definition) is 0. The number of amides is 1. The van der Waals surface area contributed by atoms with Gasteiger partial charge in [0.2, 0.25) is 5.91 Å². The average Bonchev–Trinajstić information content (AvgIpc) is 3.24. The Morgan fingerprint density at radius 3 is 2.74 bits per heavy atom. The van der Waals surface area contributed by atoms with E-state index in [1.165, 1.54) is 18.4 Å². The topological polar surface area (TPSA) is 68.7 Å². The van der Waals surface area contributed by atoms with Crippen LogP contribution in [0.5, 0.6) is 0 Å². The molecular formula is C16H24N2O4S. The molecule has 23 heavy (non-hydrogen) atoms. The molecule has 1 heterocycles. The molecule has 0 N–H and O–H groups in total. The van der Waals surface area contributed by atoms with E-state index in [4.69, 9.17) is 4.74 Å². The summed E-state index contributed by atoms with van der Waals surface area (Å²) in [5.41, 5.74) is 0.303. The largest absolute Gasteiger partial charge is 0.464 e. The molecule has 0 unspecified atom stereocenters. The third-order valence-corrected chi connectivity index (χ3v) is 4.90. The predicted molar refractivity (Wildman–Crippen MR) is 87.3 cm³/mol. The molecule has 1 saturated carbocycles. The smallest absolute Gasteiger partial charge is 0.357 e. The van der Waals surface area contributed by atoms with Crippen LogP contribution in [0, 0.1) is 5.92 Å².